The standard InChI is InChI=1S/C16H24N2OS/c1-12-7-8-13(17)11-15(12)18-16(19)9-10-20-14-5-3-2-4-6-14/h7-8,11,14H,2-6,9-10,17H2,1H3,(H,18,19). The summed E-state index contributed by atoms with van der Waals surface area (Å²) in [6, 6.07) is 5.60. The maximum Gasteiger partial charge on any atom is 0.225 e. The number of benzene rings is 1. The van der Waals surface area contributed by atoms with Crippen molar-refractivity contribution in [1.29, 1.82) is 0 Å². The molecule has 0 atom stereocenters. The van der Waals surface area contributed by atoms with Gasteiger partial charge >= 0.3 is 0 Å². The monoisotopic (exact) mass is 292 g/mol. The lowest BCUT2D eigenvalue weighted by molar-refractivity contribution is -0.115. The molecule has 4 heteroatoms. The SMILES string of the molecule is Cc1ccc(N)cc1NC(=O)CCSC1CCCCC1. The Hall–Kier alpha value is -1.16. The summed E-state index contributed by atoms with van der Waals surface area (Å²) in [5.74, 6) is 1.000. The topological polar surface area (TPSA) is 55.1 Å². The largest absolute Gasteiger partial charge is 0.399 e. The van der Waals surface area contributed by atoms with Crippen LogP contribution in [0, 0.1) is 6.92 Å². The van der Waals surface area contributed by atoms with Gasteiger partial charge in [0.25, 0.3) is 0 Å². The smallest absolute Gasteiger partial charge is 0.225 e. The zero-order chi connectivity index (χ0) is 14.4. The molecule has 0 radical (unpaired) electrons. The van der Waals surface area contributed by atoms with E-state index in [2.05, 4.69) is 5.32 Å². The molecule has 0 unspecified atom stereocenters. The van der Waals surface area contributed by atoms with Crippen molar-refractivity contribution in [2.75, 3.05) is 16.8 Å². The van der Waals surface area contributed by atoms with Crippen LogP contribution in [0.25, 0.3) is 0 Å². The normalized spacial score (nSPS) is 16.1. The minimum Gasteiger partial charge on any atom is -0.399 e. The maximum absolute atomic E-state index is 12.0. The molecule has 20 heavy (non-hydrogen) atoms. The van der Waals surface area contributed by atoms with Gasteiger partial charge in [-0.2, -0.15) is 11.8 Å². The number of nitrogens with two attached hydrogens (primary N) is 1. The Kier molecular flexibility index (Phi) is 5.77. The first-order chi connectivity index (χ1) is 9.65. The number of carbonyl (C=O) groups is 1. The minimum atomic E-state index is 0.0852. The molecule has 110 valence electrons. The maximum atomic E-state index is 12.0. The quantitative estimate of drug-likeness (QED) is 0.807. The predicted molar refractivity (Wildman–Crippen MR) is 88.2 cm³/mol. The summed E-state index contributed by atoms with van der Waals surface area (Å²) in [6.07, 6.45) is 7.31. The number of nitrogens with one attached hydrogen (secondary N) is 1. The fourth-order valence-electron chi connectivity index (χ4n) is 2.54. The Balaban J connectivity index is 1.73. The number of aryl methyl sites for hydroxylation is 1. The summed E-state index contributed by atoms with van der Waals surface area (Å²) in [4.78, 5) is 12.0. The van der Waals surface area contributed by atoms with Gasteiger partial charge in [0.1, 0.15) is 0 Å². The number of hydrogen-bond donors (Lipinski definition) is 2. The predicted octanol–water partition coefficient (Wildman–Crippen LogP) is 3.97. The number of amides is 1. The van der Waals surface area contributed by atoms with Crippen LogP contribution < -0.4 is 11.1 Å². The highest BCUT2D eigenvalue weighted by Crippen LogP contribution is 2.28. The molecule has 2 rings (SSSR count). The lowest BCUT2D eigenvalue weighted by Crippen LogP contribution is -2.15. The van der Waals surface area contributed by atoms with E-state index in [1.54, 1.807) is 0 Å². The Morgan fingerprint density at radius 2 is 2.10 bits per heavy atom. The summed E-state index contributed by atoms with van der Waals surface area (Å²) in [5.41, 5.74) is 8.31. The first-order valence-corrected chi connectivity index (χ1v) is 8.47. The van der Waals surface area contributed by atoms with E-state index in [9.17, 15) is 4.79 Å². The molecular formula is C16H24N2OS. The zero-order valence-electron chi connectivity index (χ0n) is 12.2. The van der Waals surface area contributed by atoms with Crippen LogP contribution in [0.1, 0.15) is 44.1 Å². The summed E-state index contributed by atoms with van der Waals surface area (Å²) in [5, 5.41) is 3.73. The van der Waals surface area contributed by atoms with E-state index in [0.29, 0.717) is 12.1 Å². The lowest BCUT2D eigenvalue weighted by atomic mass is 10.0. The van der Waals surface area contributed by atoms with Crippen LogP contribution in [0.3, 0.4) is 0 Å². The first kappa shape index (κ1) is 15.2. The number of thioether (sulfide) groups is 1. The van der Waals surface area contributed by atoms with Gasteiger partial charge in [-0.25, -0.2) is 0 Å². The molecule has 0 saturated heterocycles. The molecule has 0 spiro atoms. The summed E-state index contributed by atoms with van der Waals surface area (Å²) >= 11 is 1.96. The molecule has 1 aromatic rings. The van der Waals surface area contributed by atoms with Crippen LogP contribution in [0.4, 0.5) is 11.4 Å². The van der Waals surface area contributed by atoms with Crippen LogP contribution in [0.5, 0.6) is 0 Å². The van der Waals surface area contributed by atoms with Crippen molar-refractivity contribution in [1.82, 2.24) is 0 Å². The van der Waals surface area contributed by atoms with Crippen LogP contribution in [0.2, 0.25) is 0 Å². The van der Waals surface area contributed by atoms with E-state index in [4.69, 9.17) is 5.73 Å². The van der Waals surface area contributed by atoms with E-state index < -0.39 is 0 Å². The van der Waals surface area contributed by atoms with Gasteiger partial charge in [-0.05, 0) is 37.5 Å². The second kappa shape index (κ2) is 7.58. The first-order valence-electron chi connectivity index (χ1n) is 7.43. The highest BCUT2D eigenvalue weighted by Gasteiger charge is 2.14. The third-order valence-corrected chi connectivity index (χ3v) is 5.15. The number of carbonyl (C=O) groups excluding carboxylic acids is 1. The van der Waals surface area contributed by atoms with Crippen molar-refractivity contribution in [2.45, 2.75) is 50.7 Å². The van der Waals surface area contributed by atoms with Crippen LogP contribution in [-0.2, 0) is 4.79 Å². The van der Waals surface area contributed by atoms with Crippen molar-refractivity contribution < 1.29 is 4.79 Å². The second-order valence-corrected chi connectivity index (χ2v) is 6.91. The highest BCUT2D eigenvalue weighted by atomic mass is 32.2. The average Bonchev–Trinajstić information content (AvgIpc) is 2.44. The number of anilines is 2. The fourth-order valence-corrected chi connectivity index (χ4v) is 3.84. The number of rotatable bonds is 5. The van der Waals surface area contributed by atoms with Gasteiger partial charge in [-0.15, -0.1) is 0 Å². The lowest BCUT2D eigenvalue weighted by Gasteiger charge is -2.20. The molecule has 1 saturated carbocycles. The Labute approximate surface area is 125 Å². The van der Waals surface area contributed by atoms with E-state index in [1.165, 1.54) is 32.1 Å². The molecule has 0 aliphatic heterocycles. The van der Waals surface area contributed by atoms with Crippen LogP contribution in [-0.4, -0.2) is 16.9 Å². The van der Waals surface area contributed by atoms with E-state index in [0.717, 1.165) is 22.3 Å². The van der Waals surface area contributed by atoms with Crippen molar-refractivity contribution in [3.05, 3.63) is 23.8 Å². The van der Waals surface area contributed by atoms with E-state index >= 15 is 0 Å². The van der Waals surface area contributed by atoms with Gasteiger partial charge < -0.3 is 11.1 Å². The van der Waals surface area contributed by atoms with Crippen molar-refractivity contribution >= 4 is 29.0 Å². The van der Waals surface area contributed by atoms with Crippen molar-refractivity contribution in [3.8, 4) is 0 Å². The Morgan fingerprint density at radius 1 is 1.35 bits per heavy atom. The Bertz CT molecular complexity index is 456. The number of nitrogen functional groups attached to an aromatic ring is 1. The third-order valence-electron chi connectivity index (χ3n) is 3.77. The number of hydrogen-bond acceptors (Lipinski definition) is 3. The molecule has 3 nitrogen and oxygen atoms in total. The summed E-state index contributed by atoms with van der Waals surface area (Å²) < 4.78 is 0. The summed E-state index contributed by atoms with van der Waals surface area (Å²) in [7, 11) is 0. The second-order valence-electron chi connectivity index (χ2n) is 5.50. The molecule has 0 heterocycles. The van der Waals surface area contributed by atoms with Gasteiger partial charge in [0.2, 0.25) is 5.91 Å². The van der Waals surface area contributed by atoms with Crippen molar-refractivity contribution in [2.24, 2.45) is 0 Å². The molecule has 1 aromatic carbocycles. The van der Waals surface area contributed by atoms with Gasteiger partial charge in [0.15, 0.2) is 0 Å². The molecule has 1 aliphatic rings. The molecule has 1 fully saturated rings. The van der Waals surface area contributed by atoms with Gasteiger partial charge in [-0.1, -0.05) is 25.3 Å². The minimum absolute atomic E-state index is 0.0852. The summed E-state index contributed by atoms with van der Waals surface area (Å²) in [6.45, 7) is 1.98. The molecule has 1 amide bonds. The van der Waals surface area contributed by atoms with Crippen LogP contribution in [0.15, 0.2) is 18.2 Å². The third kappa shape index (κ3) is 4.75. The van der Waals surface area contributed by atoms with Crippen molar-refractivity contribution in [3.63, 3.8) is 0 Å². The zero-order valence-corrected chi connectivity index (χ0v) is 13.0. The van der Waals surface area contributed by atoms with Gasteiger partial charge in [0, 0.05) is 28.8 Å². The molecular weight excluding hydrogens is 268 g/mol. The average molecular weight is 292 g/mol. The Morgan fingerprint density at radius 3 is 2.85 bits per heavy atom. The molecule has 0 aromatic heterocycles. The molecule has 3 N–H and O–H groups in total. The van der Waals surface area contributed by atoms with Crippen LogP contribution >= 0.6 is 11.8 Å². The highest BCUT2D eigenvalue weighted by molar-refractivity contribution is 7.99. The van der Waals surface area contributed by atoms with Gasteiger partial charge in [0.05, 0.1) is 0 Å². The molecule has 0 bridgehead atoms. The molecule has 1 aliphatic carbocycles. The van der Waals surface area contributed by atoms with E-state index in [-0.39, 0.29) is 5.91 Å². The fraction of sp³-hybridized carbons (Fsp3) is 0.562. The van der Waals surface area contributed by atoms with E-state index in [1.807, 2.05) is 36.9 Å². The van der Waals surface area contributed by atoms with Gasteiger partial charge in [-0.3, -0.25) is 4.79 Å².